The van der Waals surface area contributed by atoms with E-state index in [1.165, 1.54) is 20.3 Å². The lowest BCUT2D eigenvalue weighted by molar-refractivity contribution is 0.261. The third-order valence-electron chi connectivity index (χ3n) is 3.63. The molecule has 0 aliphatic rings. The summed E-state index contributed by atoms with van der Waals surface area (Å²) in [6, 6.07) is 7.88. The van der Waals surface area contributed by atoms with Crippen molar-refractivity contribution in [2.24, 2.45) is 0 Å². The molecule has 0 unspecified atom stereocenters. The molecule has 2 amide bonds. The van der Waals surface area contributed by atoms with Crippen molar-refractivity contribution in [1.82, 2.24) is 14.6 Å². The van der Waals surface area contributed by atoms with Crippen LogP contribution in [-0.2, 0) is 0 Å². The average Bonchev–Trinajstić information content (AvgIpc) is 3.06. The summed E-state index contributed by atoms with van der Waals surface area (Å²) in [5, 5.41) is 13.7. The molecule has 0 spiro atoms. The number of hydrogen-bond acceptors (Lipinski definition) is 6. The van der Waals surface area contributed by atoms with Gasteiger partial charge >= 0.3 is 6.03 Å². The second-order valence-corrected chi connectivity index (χ2v) is 5.69. The average molecular weight is 392 g/mol. The number of carbonyl (C=O) groups excluding carboxylic acids is 1. The lowest BCUT2D eigenvalue weighted by Gasteiger charge is -2.13. The predicted octanol–water partition coefficient (Wildman–Crippen LogP) is 3.44. The number of fused-ring (bicyclic) bond motifs is 1. The summed E-state index contributed by atoms with van der Waals surface area (Å²) in [5.41, 5.74) is 0.918. The smallest absolute Gasteiger partial charge is 0.326 e. The summed E-state index contributed by atoms with van der Waals surface area (Å²) in [5.74, 6) is 1.56. The second-order valence-electron chi connectivity index (χ2n) is 5.28. The third-order valence-corrected chi connectivity index (χ3v) is 3.93. The van der Waals surface area contributed by atoms with Crippen molar-refractivity contribution >= 4 is 34.9 Å². The Bertz CT molecular complexity index is 975. The van der Waals surface area contributed by atoms with Crippen molar-refractivity contribution in [3.63, 3.8) is 0 Å². The number of halogens is 1. The number of benzene rings is 1. The Hall–Kier alpha value is -3.20. The summed E-state index contributed by atoms with van der Waals surface area (Å²) in [6.07, 6.45) is 0. The van der Waals surface area contributed by atoms with Crippen molar-refractivity contribution in [2.75, 3.05) is 31.5 Å². The molecule has 2 heterocycles. The Kier molecular flexibility index (Phi) is 5.51. The van der Waals surface area contributed by atoms with Crippen molar-refractivity contribution < 1.29 is 19.0 Å². The van der Waals surface area contributed by atoms with E-state index in [-0.39, 0.29) is 5.95 Å². The van der Waals surface area contributed by atoms with Crippen LogP contribution in [0.1, 0.15) is 6.92 Å². The highest BCUT2D eigenvalue weighted by atomic mass is 35.5. The molecule has 0 atom stereocenters. The zero-order valence-electron chi connectivity index (χ0n) is 14.9. The molecule has 3 aromatic rings. The van der Waals surface area contributed by atoms with Gasteiger partial charge in [-0.2, -0.15) is 0 Å². The summed E-state index contributed by atoms with van der Waals surface area (Å²) < 4.78 is 17.6. The maximum atomic E-state index is 12.5. The second kappa shape index (κ2) is 8.00. The molecule has 2 aromatic heterocycles. The van der Waals surface area contributed by atoms with Crippen LogP contribution in [0.5, 0.6) is 17.4 Å². The van der Waals surface area contributed by atoms with Crippen molar-refractivity contribution in [3.05, 3.63) is 35.4 Å². The number of amides is 2. The summed E-state index contributed by atoms with van der Waals surface area (Å²) in [7, 11) is 2.97. The van der Waals surface area contributed by atoms with E-state index in [1.807, 2.05) is 6.92 Å². The number of nitrogens with zero attached hydrogens (tertiary/aromatic N) is 3. The predicted molar refractivity (Wildman–Crippen MR) is 101 cm³/mol. The van der Waals surface area contributed by atoms with Gasteiger partial charge < -0.3 is 19.5 Å². The van der Waals surface area contributed by atoms with Gasteiger partial charge in [0.1, 0.15) is 11.5 Å². The topological polar surface area (TPSA) is 99.0 Å². The van der Waals surface area contributed by atoms with E-state index in [9.17, 15) is 4.79 Å². The largest absolute Gasteiger partial charge is 0.495 e. The number of urea groups is 1. The van der Waals surface area contributed by atoms with Crippen LogP contribution in [0.25, 0.3) is 5.65 Å². The van der Waals surface area contributed by atoms with E-state index in [1.54, 1.807) is 28.7 Å². The zero-order chi connectivity index (χ0) is 19.4. The molecule has 9 nitrogen and oxygen atoms in total. The number of rotatable bonds is 6. The standard InChI is InChI=1S/C17H18ClN5O4/c1-4-27-15-7-5-6-14-21-22-16(23(14)15)20-17(24)19-11-8-10(18)12(25-2)9-13(11)26-3/h5-9H,4H2,1-3H3,(H2,19,20,22,24). The molecule has 0 bridgehead atoms. The molecule has 10 heteroatoms. The minimum atomic E-state index is -0.546. The fourth-order valence-electron chi connectivity index (χ4n) is 2.47. The number of pyridine rings is 1. The molecule has 0 aliphatic heterocycles. The van der Waals surface area contributed by atoms with E-state index < -0.39 is 6.03 Å². The number of nitrogens with one attached hydrogen (secondary N) is 2. The number of methoxy groups -OCH3 is 2. The van der Waals surface area contributed by atoms with Crippen LogP contribution < -0.4 is 24.8 Å². The lowest BCUT2D eigenvalue weighted by atomic mass is 10.2. The molecule has 2 N–H and O–H groups in total. The van der Waals surface area contributed by atoms with Crippen molar-refractivity contribution in [1.29, 1.82) is 0 Å². The Labute approximate surface area is 160 Å². The minimum absolute atomic E-state index is 0.213. The summed E-state index contributed by atoms with van der Waals surface area (Å²) in [4.78, 5) is 12.5. The first-order chi connectivity index (χ1) is 13.1. The van der Waals surface area contributed by atoms with Crippen molar-refractivity contribution in [2.45, 2.75) is 6.92 Å². The van der Waals surface area contributed by atoms with Crippen molar-refractivity contribution in [3.8, 4) is 17.4 Å². The number of carbonyl (C=O) groups is 1. The van der Waals surface area contributed by atoms with E-state index in [0.29, 0.717) is 40.3 Å². The van der Waals surface area contributed by atoms with Crippen LogP contribution in [0.15, 0.2) is 30.3 Å². The summed E-state index contributed by atoms with van der Waals surface area (Å²) >= 11 is 6.12. The van der Waals surface area contributed by atoms with Gasteiger partial charge in [0.15, 0.2) is 5.65 Å². The molecule has 142 valence electrons. The molecule has 0 saturated carbocycles. The van der Waals surface area contributed by atoms with Gasteiger partial charge in [0.2, 0.25) is 11.8 Å². The van der Waals surface area contributed by atoms with E-state index >= 15 is 0 Å². The molecule has 0 radical (unpaired) electrons. The van der Waals surface area contributed by atoms with Gasteiger partial charge in [-0.25, -0.2) is 9.20 Å². The number of anilines is 2. The van der Waals surface area contributed by atoms with Crippen LogP contribution >= 0.6 is 11.6 Å². The number of aromatic nitrogens is 3. The van der Waals surface area contributed by atoms with Crippen LogP contribution in [0, 0.1) is 0 Å². The third kappa shape index (κ3) is 3.82. The molecular weight excluding hydrogens is 374 g/mol. The highest BCUT2D eigenvalue weighted by molar-refractivity contribution is 6.32. The van der Waals surface area contributed by atoms with Crippen LogP contribution in [-0.4, -0.2) is 41.5 Å². The Balaban J connectivity index is 1.85. The molecule has 27 heavy (non-hydrogen) atoms. The fourth-order valence-corrected chi connectivity index (χ4v) is 2.71. The quantitative estimate of drug-likeness (QED) is 0.667. The van der Waals surface area contributed by atoms with E-state index in [4.69, 9.17) is 25.8 Å². The Morgan fingerprint density at radius 2 is 1.93 bits per heavy atom. The Morgan fingerprint density at radius 3 is 2.63 bits per heavy atom. The first kappa shape index (κ1) is 18.6. The van der Waals surface area contributed by atoms with Crippen LogP contribution in [0.4, 0.5) is 16.4 Å². The maximum absolute atomic E-state index is 12.5. The monoisotopic (exact) mass is 391 g/mol. The van der Waals surface area contributed by atoms with E-state index in [2.05, 4.69) is 20.8 Å². The summed E-state index contributed by atoms with van der Waals surface area (Å²) in [6.45, 7) is 2.33. The van der Waals surface area contributed by atoms with Gasteiger partial charge in [0.05, 0.1) is 31.5 Å². The van der Waals surface area contributed by atoms with Crippen LogP contribution in [0.3, 0.4) is 0 Å². The van der Waals surface area contributed by atoms with Gasteiger partial charge in [-0.3, -0.25) is 5.32 Å². The van der Waals surface area contributed by atoms with Gasteiger partial charge in [-0.1, -0.05) is 17.7 Å². The minimum Gasteiger partial charge on any atom is -0.495 e. The lowest BCUT2D eigenvalue weighted by Crippen LogP contribution is -2.21. The first-order valence-corrected chi connectivity index (χ1v) is 8.41. The molecule has 0 fully saturated rings. The molecule has 0 aliphatic carbocycles. The molecular formula is C17H18ClN5O4. The van der Waals surface area contributed by atoms with Gasteiger partial charge in [-0.05, 0) is 25.1 Å². The van der Waals surface area contributed by atoms with Gasteiger partial charge in [0.25, 0.3) is 0 Å². The maximum Gasteiger partial charge on any atom is 0.326 e. The fraction of sp³-hybridized carbons (Fsp3) is 0.235. The first-order valence-electron chi connectivity index (χ1n) is 8.03. The number of hydrogen-bond donors (Lipinski definition) is 2. The highest BCUT2D eigenvalue weighted by Crippen LogP contribution is 2.35. The van der Waals surface area contributed by atoms with Gasteiger partial charge in [0, 0.05) is 6.07 Å². The molecule has 0 saturated heterocycles. The van der Waals surface area contributed by atoms with E-state index in [0.717, 1.165) is 0 Å². The SMILES string of the molecule is CCOc1cccc2nnc(NC(=O)Nc3cc(Cl)c(OC)cc3OC)n12. The Morgan fingerprint density at radius 1 is 1.15 bits per heavy atom. The number of ether oxygens (including phenoxy) is 3. The highest BCUT2D eigenvalue weighted by Gasteiger charge is 2.16. The van der Waals surface area contributed by atoms with Gasteiger partial charge in [-0.15, -0.1) is 10.2 Å². The molecule has 3 rings (SSSR count). The normalized spacial score (nSPS) is 10.5. The molecule has 1 aromatic carbocycles. The van der Waals surface area contributed by atoms with Crippen LogP contribution in [0.2, 0.25) is 5.02 Å². The zero-order valence-corrected chi connectivity index (χ0v) is 15.7.